The van der Waals surface area contributed by atoms with Crippen LogP contribution in [0.15, 0.2) is 24.3 Å². The minimum absolute atomic E-state index is 0.0235. The molecule has 0 aromatic heterocycles. The SMILES string of the molecule is O=C(/C=C/c1ccc(Cl)cc1Cl)N1CCN(CCO)CC1. The zero-order chi connectivity index (χ0) is 15.2. The molecule has 0 unspecified atom stereocenters. The van der Waals surface area contributed by atoms with Crippen molar-refractivity contribution in [2.24, 2.45) is 0 Å². The number of nitrogens with zero attached hydrogens (tertiary/aromatic N) is 2. The lowest BCUT2D eigenvalue weighted by Crippen LogP contribution is -2.48. The smallest absolute Gasteiger partial charge is 0.246 e. The molecule has 1 saturated heterocycles. The largest absolute Gasteiger partial charge is 0.395 e. The highest BCUT2D eigenvalue weighted by Crippen LogP contribution is 2.22. The minimum Gasteiger partial charge on any atom is -0.395 e. The summed E-state index contributed by atoms with van der Waals surface area (Å²) in [6.07, 6.45) is 3.25. The normalized spacial score (nSPS) is 16.6. The summed E-state index contributed by atoms with van der Waals surface area (Å²) in [5.74, 6) is -0.0235. The second-order valence-electron chi connectivity index (χ2n) is 4.89. The van der Waals surface area contributed by atoms with E-state index in [2.05, 4.69) is 4.90 Å². The maximum absolute atomic E-state index is 12.1. The van der Waals surface area contributed by atoms with E-state index in [1.165, 1.54) is 6.08 Å². The minimum atomic E-state index is -0.0235. The molecule has 4 nitrogen and oxygen atoms in total. The van der Waals surface area contributed by atoms with Gasteiger partial charge < -0.3 is 10.0 Å². The summed E-state index contributed by atoms with van der Waals surface area (Å²) in [6, 6.07) is 5.18. The summed E-state index contributed by atoms with van der Waals surface area (Å²) in [7, 11) is 0. The number of halogens is 2. The number of amides is 1. The van der Waals surface area contributed by atoms with Gasteiger partial charge in [-0.2, -0.15) is 0 Å². The van der Waals surface area contributed by atoms with Crippen LogP contribution in [0.5, 0.6) is 0 Å². The molecule has 0 spiro atoms. The zero-order valence-corrected chi connectivity index (χ0v) is 13.1. The van der Waals surface area contributed by atoms with Crippen molar-refractivity contribution in [3.05, 3.63) is 39.9 Å². The maximum atomic E-state index is 12.1. The van der Waals surface area contributed by atoms with Gasteiger partial charge in [-0.1, -0.05) is 29.3 Å². The lowest BCUT2D eigenvalue weighted by molar-refractivity contribution is -0.127. The number of carbonyl (C=O) groups is 1. The summed E-state index contributed by atoms with van der Waals surface area (Å²) in [4.78, 5) is 16.1. The summed E-state index contributed by atoms with van der Waals surface area (Å²) >= 11 is 11.9. The van der Waals surface area contributed by atoms with Gasteiger partial charge in [-0.05, 0) is 23.8 Å². The molecule has 0 radical (unpaired) electrons. The molecular formula is C15H18Cl2N2O2. The van der Waals surface area contributed by atoms with Gasteiger partial charge in [-0.3, -0.25) is 9.69 Å². The van der Waals surface area contributed by atoms with Crippen LogP contribution in [0.1, 0.15) is 5.56 Å². The van der Waals surface area contributed by atoms with Crippen LogP contribution in [0.3, 0.4) is 0 Å². The molecule has 6 heteroatoms. The van der Waals surface area contributed by atoms with E-state index in [9.17, 15) is 4.79 Å². The van der Waals surface area contributed by atoms with Gasteiger partial charge >= 0.3 is 0 Å². The Morgan fingerprint density at radius 1 is 1.24 bits per heavy atom. The molecule has 0 aliphatic carbocycles. The van der Waals surface area contributed by atoms with Gasteiger partial charge in [0.25, 0.3) is 0 Å². The second kappa shape index (κ2) is 7.80. The average Bonchev–Trinajstić information content (AvgIpc) is 2.47. The predicted molar refractivity (Wildman–Crippen MR) is 85.6 cm³/mol. The summed E-state index contributed by atoms with van der Waals surface area (Å²) in [6.45, 7) is 3.76. The van der Waals surface area contributed by atoms with Crippen molar-refractivity contribution in [1.82, 2.24) is 9.80 Å². The molecule has 21 heavy (non-hydrogen) atoms. The fourth-order valence-corrected chi connectivity index (χ4v) is 2.71. The van der Waals surface area contributed by atoms with Crippen molar-refractivity contribution in [3.63, 3.8) is 0 Å². The number of piperazine rings is 1. The molecule has 0 atom stereocenters. The Bertz CT molecular complexity index is 526. The van der Waals surface area contributed by atoms with Gasteiger partial charge in [0, 0.05) is 48.8 Å². The maximum Gasteiger partial charge on any atom is 0.246 e. The van der Waals surface area contributed by atoms with Gasteiger partial charge in [-0.25, -0.2) is 0 Å². The lowest BCUT2D eigenvalue weighted by Gasteiger charge is -2.33. The average molecular weight is 329 g/mol. The van der Waals surface area contributed by atoms with Gasteiger partial charge in [0.1, 0.15) is 0 Å². The first-order valence-corrected chi connectivity index (χ1v) is 7.61. The molecular weight excluding hydrogens is 311 g/mol. The number of hydrogen-bond acceptors (Lipinski definition) is 3. The monoisotopic (exact) mass is 328 g/mol. The standard InChI is InChI=1S/C15H18Cl2N2O2/c16-13-3-1-12(14(17)11-13)2-4-15(21)19-7-5-18(6-8-19)9-10-20/h1-4,11,20H,5-10H2/b4-2+. The summed E-state index contributed by atoms with van der Waals surface area (Å²) in [5.41, 5.74) is 0.772. The van der Waals surface area contributed by atoms with Crippen LogP contribution in [0, 0.1) is 0 Å². The zero-order valence-electron chi connectivity index (χ0n) is 11.6. The second-order valence-corrected chi connectivity index (χ2v) is 5.73. The van der Waals surface area contributed by atoms with E-state index in [0.29, 0.717) is 29.7 Å². The van der Waals surface area contributed by atoms with Crippen LogP contribution < -0.4 is 0 Å². The Labute approximate surface area is 134 Å². The molecule has 1 aromatic carbocycles. The van der Waals surface area contributed by atoms with Crippen molar-refractivity contribution >= 4 is 35.2 Å². The third kappa shape index (κ3) is 4.71. The first-order chi connectivity index (χ1) is 10.1. The van der Waals surface area contributed by atoms with Crippen molar-refractivity contribution < 1.29 is 9.90 Å². The van der Waals surface area contributed by atoms with Crippen molar-refractivity contribution in [2.75, 3.05) is 39.3 Å². The highest BCUT2D eigenvalue weighted by atomic mass is 35.5. The summed E-state index contributed by atoms with van der Waals surface area (Å²) < 4.78 is 0. The van der Waals surface area contributed by atoms with Crippen molar-refractivity contribution in [2.45, 2.75) is 0 Å². The first kappa shape index (κ1) is 16.3. The topological polar surface area (TPSA) is 43.8 Å². The number of β-amino-alcohol motifs (C(OH)–C–C–N with tert-alkyl or cyclic N) is 1. The van der Waals surface area contributed by atoms with Crippen LogP contribution in [-0.4, -0.2) is 60.1 Å². The Balaban J connectivity index is 1.91. The number of carbonyl (C=O) groups excluding carboxylic acids is 1. The molecule has 1 heterocycles. The van der Waals surface area contributed by atoms with Gasteiger partial charge in [0.15, 0.2) is 0 Å². The van der Waals surface area contributed by atoms with Crippen LogP contribution in [-0.2, 0) is 4.79 Å². The third-order valence-corrected chi connectivity index (χ3v) is 4.03. The number of aliphatic hydroxyl groups is 1. The van der Waals surface area contributed by atoms with Crippen LogP contribution in [0.25, 0.3) is 6.08 Å². The van der Waals surface area contributed by atoms with E-state index < -0.39 is 0 Å². The van der Waals surface area contributed by atoms with Gasteiger partial charge in [0.2, 0.25) is 5.91 Å². The Hall–Kier alpha value is -1.07. The van der Waals surface area contributed by atoms with Crippen LogP contribution in [0.2, 0.25) is 10.0 Å². The third-order valence-electron chi connectivity index (χ3n) is 3.47. The molecule has 1 aliphatic rings. The molecule has 1 N–H and O–H groups in total. The van der Waals surface area contributed by atoms with Crippen molar-refractivity contribution in [1.29, 1.82) is 0 Å². The highest BCUT2D eigenvalue weighted by molar-refractivity contribution is 6.35. The Kier molecular flexibility index (Phi) is 6.06. The van der Waals surface area contributed by atoms with E-state index in [1.54, 1.807) is 29.2 Å². The van der Waals surface area contributed by atoms with Crippen LogP contribution >= 0.6 is 23.2 Å². The molecule has 1 aromatic rings. The Morgan fingerprint density at radius 3 is 2.57 bits per heavy atom. The summed E-state index contributed by atoms with van der Waals surface area (Å²) in [5, 5.41) is 9.99. The fraction of sp³-hybridized carbons (Fsp3) is 0.400. The van der Waals surface area contributed by atoms with E-state index in [-0.39, 0.29) is 12.5 Å². The van der Waals surface area contributed by atoms with E-state index in [4.69, 9.17) is 28.3 Å². The quantitative estimate of drug-likeness (QED) is 0.861. The Morgan fingerprint density at radius 2 is 1.95 bits per heavy atom. The van der Waals surface area contributed by atoms with Crippen LogP contribution in [0.4, 0.5) is 0 Å². The molecule has 2 rings (SSSR count). The number of aliphatic hydroxyl groups excluding tert-OH is 1. The molecule has 1 aliphatic heterocycles. The molecule has 114 valence electrons. The van der Waals surface area contributed by atoms with E-state index in [0.717, 1.165) is 18.7 Å². The van der Waals surface area contributed by atoms with Gasteiger partial charge in [0.05, 0.1) is 6.61 Å². The predicted octanol–water partition coefficient (Wildman–Crippen LogP) is 2.14. The van der Waals surface area contributed by atoms with Crippen molar-refractivity contribution in [3.8, 4) is 0 Å². The number of rotatable bonds is 4. The van der Waals surface area contributed by atoms with E-state index in [1.807, 2.05) is 0 Å². The first-order valence-electron chi connectivity index (χ1n) is 6.85. The van der Waals surface area contributed by atoms with Gasteiger partial charge in [-0.15, -0.1) is 0 Å². The molecule has 1 amide bonds. The van der Waals surface area contributed by atoms with E-state index >= 15 is 0 Å². The number of hydrogen-bond donors (Lipinski definition) is 1. The molecule has 1 fully saturated rings. The highest BCUT2D eigenvalue weighted by Gasteiger charge is 2.18. The molecule has 0 bridgehead atoms. The molecule has 0 saturated carbocycles. The lowest BCUT2D eigenvalue weighted by atomic mass is 10.2. The number of benzene rings is 1. The fourth-order valence-electron chi connectivity index (χ4n) is 2.24.